The number of aromatic carboxylic acids is 1. The highest BCUT2D eigenvalue weighted by atomic mass is 19.1. The molecule has 2 aromatic rings. The highest BCUT2D eigenvalue weighted by Gasteiger charge is 2.15. The van der Waals surface area contributed by atoms with Gasteiger partial charge in [-0.1, -0.05) is 0 Å². The van der Waals surface area contributed by atoms with Crippen LogP contribution in [-0.2, 0) is 7.05 Å². The van der Waals surface area contributed by atoms with E-state index < -0.39 is 5.97 Å². The number of benzene rings is 1. The maximum atomic E-state index is 12.8. The van der Waals surface area contributed by atoms with Crippen molar-refractivity contribution >= 4 is 5.97 Å². The van der Waals surface area contributed by atoms with Gasteiger partial charge in [-0.15, -0.1) is 0 Å². The van der Waals surface area contributed by atoms with Gasteiger partial charge < -0.3 is 9.67 Å². The summed E-state index contributed by atoms with van der Waals surface area (Å²) in [5.74, 6) is -1.26. The molecular formula is C13H12FNO2. The molecule has 1 aromatic heterocycles. The molecule has 0 saturated carbocycles. The highest BCUT2D eigenvalue weighted by molar-refractivity contribution is 5.91. The number of hydrogen-bond acceptors (Lipinski definition) is 1. The summed E-state index contributed by atoms with van der Waals surface area (Å²) >= 11 is 0. The van der Waals surface area contributed by atoms with Crippen molar-refractivity contribution in [2.75, 3.05) is 0 Å². The van der Waals surface area contributed by atoms with Crippen molar-refractivity contribution in [2.24, 2.45) is 7.05 Å². The van der Waals surface area contributed by atoms with Gasteiger partial charge in [0.2, 0.25) is 0 Å². The predicted molar refractivity (Wildman–Crippen MR) is 62.5 cm³/mol. The van der Waals surface area contributed by atoms with Crippen LogP contribution >= 0.6 is 0 Å². The molecule has 0 fully saturated rings. The molecule has 0 unspecified atom stereocenters. The van der Waals surface area contributed by atoms with Crippen LogP contribution < -0.4 is 0 Å². The smallest absolute Gasteiger partial charge is 0.337 e. The normalized spacial score (nSPS) is 10.5. The Morgan fingerprint density at radius 3 is 2.35 bits per heavy atom. The highest BCUT2D eigenvalue weighted by Crippen LogP contribution is 2.24. The summed E-state index contributed by atoms with van der Waals surface area (Å²) in [5.41, 5.74) is 2.51. The summed E-state index contributed by atoms with van der Waals surface area (Å²) in [6.45, 7) is 1.75. The van der Waals surface area contributed by atoms with E-state index in [1.165, 1.54) is 12.1 Å². The van der Waals surface area contributed by atoms with E-state index in [1.807, 2.05) is 0 Å². The van der Waals surface area contributed by atoms with Gasteiger partial charge in [-0.05, 0) is 42.8 Å². The minimum absolute atomic E-state index is 0.270. The number of carboxylic acids is 1. The van der Waals surface area contributed by atoms with Gasteiger partial charge >= 0.3 is 5.97 Å². The van der Waals surface area contributed by atoms with Gasteiger partial charge in [0.25, 0.3) is 0 Å². The molecule has 0 aliphatic heterocycles. The zero-order chi connectivity index (χ0) is 12.6. The van der Waals surface area contributed by atoms with Crippen LogP contribution in [0.5, 0.6) is 0 Å². The number of carbonyl (C=O) groups is 1. The Morgan fingerprint density at radius 1 is 1.29 bits per heavy atom. The first-order valence-corrected chi connectivity index (χ1v) is 5.16. The first-order valence-electron chi connectivity index (χ1n) is 5.16. The molecule has 17 heavy (non-hydrogen) atoms. The Kier molecular flexibility index (Phi) is 2.71. The van der Waals surface area contributed by atoms with Crippen LogP contribution in [0.3, 0.4) is 0 Å². The lowest BCUT2D eigenvalue weighted by Gasteiger charge is -2.04. The lowest BCUT2D eigenvalue weighted by Crippen LogP contribution is -1.99. The van der Waals surface area contributed by atoms with Crippen molar-refractivity contribution in [3.05, 3.63) is 47.4 Å². The molecule has 1 aromatic carbocycles. The van der Waals surface area contributed by atoms with E-state index in [4.69, 9.17) is 5.11 Å². The summed E-state index contributed by atoms with van der Waals surface area (Å²) in [6, 6.07) is 7.59. The predicted octanol–water partition coefficient (Wildman–Crippen LogP) is 2.84. The average Bonchev–Trinajstić information content (AvgIpc) is 2.58. The molecule has 0 aliphatic carbocycles. The Balaban J connectivity index is 2.56. The zero-order valence-corrected chi connectivity index (χ0v) is 9.57. The van der Waals surface area contributed by atoms with Crippen molar-refractivity contribution in [2.45, 2.75) is 6.92 Å². The number of carboxylic acid groups (broad SMARTS) is 1. The van der Waals surface area contributed by atoms with Gasteiger partial charge in [-0.25, -0.2) is 9.18 Å². The van der Waals surface area contributed by atoms with Crippen LogP contribution in [0.1, 0.15) is 16.1 Å². The third-order valence-electron chi connectivity index (χ3n) is 2.91. The molecule has 0 atom stereocenters. The molecule has 4 heteroatoms. The molecule has 3 nitrogen and oxygen atoms in total. The molecule has 1 N–H and O–H groups in total. The molecule has 0 bridgehead atoms. The summed E-state index contributed by atoms with van der Waals surface area (Å²) in [7, 11) is 1.79. The fourth-order valence-electron chi connectivity index (χ4n) is 1.81. The van der Waals surface area contributed by atoms with E-state index in [0.29, 0.717) is 5.69 Å². The van der Waals surface area contributed by atoms with Crippen LogP contribution in [-0.4, -0.2) is 15.6 Å². The van der Waals surface area contributed by atoms with Crippen molar-refractivity contribution < 1.29 is 14.3 Å². The molecule has 0 aliphatic rings. The monoisotopic (exact) mass is 233 g/mol. The van der Waals surface area contributed by atoms with Crippen molar-refractivity contribution in [3.63, 3.8) is 0 Å². The van der Waals surface area contributed by atoms with Gasteiger partial charge in [0.1, 0.15) is 5.82 Å². The summed E-state index contributed by atoms with van der Waals surface area (Å²) in [4.78, 5) is 11.0. The minimum atomic E-state index is -0.952. The maximum absolute atomic E-state index is 12.8. The van der Waals surface area contributed by atoms with Crippen LogP contribution in [0.4, 0.5) is 4.39 Å². The number of halogens is 1. The lowest BCUT2D eigenvalue weighted by atomic mass is 10.1. The molecule has 0 saturated heterocycles. The number of hydrogen-bond donors (Lipinski definition) is 1. The molecule has 0 amide bonds. The lowest BCUT2D eigenvalue weighted by molar-refractivity contribution is 0.0696. The largest absolute Gasteiger partial charge is 0.478 e. The fraction of sp³-hybridized carbons (Fsp3) is 0.154. The number of rotatable bonds is 2. The topological polar surface area (TPSA) is 42.2 Å². The third kappa shape index (κ3) is 1.93. The van der Waals surface area contributed by atoms with Crippen LogP contribution in [0, 0.1) is 12.7 Å². The molecule has 0 radical (unpaired) electrons. The Hall–Kier alpha value is -2.10. The summed E-state index contributed by atoms with van der Waals surface area (Å²) in [5, 5.41) is 9.02. The zero-order valence-electron chi connectivity index (χ0n) is 9.57. The molecule has 2 rings (SSSR count). The second-order valence-electron chi connectivity index (χ2n) is 3.90. The molecule has 1 heterocycles. The second kappa shape index (κ2) is 4.05. The van der Waals surface area contributed by atoms with Gasteiger partial charge in [-0.3, -0.25) is 0 Å². The molecular weight excluding hydrogens is 221 g/mol. The van der Waals surface area contributed by atoms with E-state index in [0.717, 1.165) is 11.3 Å². The van der Waals surface area contributed by atoms with Gasteiger partial charge in [0.05, 0.1) is 5.56 Å². The van der Waals surface area contributed by atoms with E-state index in [1.54, 1.807) is 36.7 Å². The van der Waals surface area contributed by atoms with E-state index >= 15 is 0 Å². The van der Waals surface area contributed by atoms with Crippen molar-refractivity contribution in [3.8, 4) is 11.3 Å². The van der Waals surface area contributed by atoms with Crippen LogP contribution in [0.2, 0.25) is 0 Å². The Morgan fingerprint density at radius 2 is 1.88 bits per heavy atom. The first kappa shape index (κ1) is 11.4. The van der Waals surface area contributed by atoms with Crippen LogP contribution in [0.25, 0.3) is 11.3 Å². The van der Waals surface area contributed by atoms with Crippen molar-refractivity contribution in [1.29, 1.82) is 0 Å². The molecule has 88 valence electrons. The summed E-state index contributed by atoms with van der Waals surface area (Å²) in [6.07, 6.45) is 0. The van der Waals surface area contributed by atoms with E-state index in [-0.39, 0.29) is 11.4 Å². The second-order valence-corrected chi connectivity index (χ2v) is 3.90. The minimum Gasteiger partial charge on any atom is -0.478 e. The third-order valence-corrected chi connectivity index (χ3v) is 2.91. The Bertz CT molecular complexity index is 570. The number of nitrogens with zero attached hydrogens (tertiary/aromatic N) is 1. The first-order chi connectivity index (χ1) is 8.00. The van der Waals surface area contributed by atoms with Crippen LogP contribution in [0.15, 0.2) is 30.3 Å². The van der Waals surface area contributed by atoms with Gasteiger partial charge in [-0.2, -0.15) is 0 Å². The molecule has 0 spiro atoms. The van der Waals surface area contributed by atoms with Gasteiger partial charge in [0, 0.05) is 18.4 Å². The SMILES string of the molecule is Cc1c(C(=O)O)cc(-c2ccc(F)cc2)n1C. The average molecular weight is 233 g/mol. The van der Waals surface area contributed by atoms with Crippen molar-refractivity contribution in [1.82, 2.24) is 4.57 Å². The van der Waals surface area contributed by atoms with E-state index in [9.17, 15) is 9.18 Å². The Labute approximate surface area is 98.1 Å². The summed E-state index contributed by atoms with van der Waals surface area (Å²) < 4.78 is 14.6. The van der Waals surface area contributed by atoms with Gasteiger partial charge in [0.15, 0.2) is 0 Å². The standard InChI is InChI=1S/C13H12FNO2/c1-8-11(13(16)17)7-12(15(8)2)9-3-5-10(14)6-4-9/h3-7H,1-2H3,(H,16,17). The van der Waals surface area contributed by atoms with E-state index in [2.05, 4.69) is 0 Å². The number of aromatic nitrogens is 1. The fourth-order valence-corrected chi connectivity index (χ4v) is 1.81. The quantitative estimate of drug-likeness (QED) is 0.866. The maximum Gasteiger partial charge on any atom is 0.337 e.